The fraction of sp³-hybridized carbons (Fsp3) is 0.125. The SMILES string of the molecule is Cc1cc(I)ccc1NC(=O)CSc1ncc2ccccn12. The minimum Gasteiger partial charge on any atom is -0.325 e. The normalized spacial score (nSPS) is 10.8. The number of nitrogens with zero attached hydrogens (tertiary/aromatic N) is 2. The predicted octanol–water partition coefficient (Wildman–Crippen LogP) is 3.98. The molecule has 0 bridgehead atoms. The van der Waals surface area contributed by atoms with Crippen LogP contribution in [0.25, 0.3) is 5.52 Å². The lowest BCUT2D eigenvalue weighted by Gasteiger charge is -2.08. The van der Waals surface area contributed by atoms with Gasteiger partial charge in [0.1, 0.15) is 0 Å². The Kier molecular flexibility index (Phi) is 4.68. The van der Waals surface area contributed by atoms with Crippen molar-refractivity contribution < 1.29 is 4.79 Å². The van der Waals surface area contributed by atoms with Crippen LogP contribution in [-0.4, -0.2) is 21.0 Å². The molecule has 3 rings (SSSR count). The molecule has 6 heteroatoms. The number of pyridine rings is 1. The fourth-order valence-electron chi connectivity index (χ4n) is 2.11. The number of imidazole rings is 1. The quantitative estimate of drug-likeness (QED) is 0.510. The zero-order chi connectivity index (χ0) is 15.5. The first-order valence-electron chi connectivity index (χ1n) is 6.74. The number of anilines is 1. The number of halogens is 1. The molecule has 112 valence electrons. The van der Waals surface area contributed by atoms with Gasteiger partial charge in [-0.3, -0.25) is 9.20 Å². The van der Waals surface area contributed by atoms with Crippen LogP contribution in [0.1, 0.15) is 5.56 Å². The molecule has 1 amide bonds. The predicted molar refractivity (Wildman–Crippen MR) is 98.4 cm³/mol. The molecule has 0 saturated carbocycles. The Bertz CT molecular complexity index is 831. The molecule has 3 aromatic rings. The van der Waals surface area contributed by atoms with Gasteiger partial charge in [-0.25, -0.2) is 4.98 Å². The van der Waals surface area contributed by atoms with Gasteiger partial charge in [0.25, 0.3) is 0 Å². The molecule has 2 aromatic heterocycles. The summed E-state index contributed by atoms with van der Waals surface area (Å²) in [6.45, 7) is 1.99. The Labute approximate surface area is 146 Å². The molecule has 2 heterocycles. The molecule has 0 fully saturated rings. The molecule has 0 atom stereocenters. The standard InChI is InChI=1S/C16H14IN3OS/c1-11-8-12(17)5-6-14(11)19-15(21)10-22-16-18-9-13-4-2-3-7-20(13)16/h2-9H,10H2,1H3,(H,19,21). The molecule has 22 heavy (non-hydrogen) atoms. The Morgan fingerprint density at radius 3 is 3.05 bits per heavy atom. The summed E-state index contributed by atoms with van der Waals surface area (Å²) in [5.74, 6) is 0.307. The first kappa shape index (κ1) is 15.4. The molecular formula is C16H14IN3OS. The summed E-state index contributed by atoms with van der Waals surface area (Å²) >= 11 is 3.69. The van der Waals surface area contributed by atoms with E-state index in [9.17, 15) is 4.79 Å². The van der Waals surface area contributed by atoms with E-state index in [0.717, 1.165) is 25.5 Å². The highest BCUT2D eigenvalue weighted by molar-refractivity contribution is 14.1. The molecule has 0 radical (unpaired) electrons. The van der Waals surface area contributed by atoms with E-state index < -0.39 is 0 Å². The maximum absolute atomic E-state index is 12.1. The molecule has 0 aliphatic carbocycles. The van der Waals surface area contributed by atoms with Crippen LogP contribution in [-0.2, 0) is 4.79 Å². The van der Waals surface area contributed by atoms with Crippen molar-refractivity contribution in [2.24, 2.45) is 0 Å². The summed E-state index contributed by atoms with van der Waals surface area (Å²) in [6, 6.07) is 11.9. The summed E-state index contributed by atoms with van der Waals surface area (Å²) in [5.41, 5.74) is 2.95. The molecule has 0 spiro atoms. The van der Waals surface area contributed by atoms with Crippen molar-refractivity contribution in [1.82, 2.24) is 9.38 Å². The zero-order valence-electron chi connectivity index (χ0n) is 11.9. The number of aryl methyl sites for hydroxylation is 1. The minimum atomic E-state index is -0.0259. The second kappa shape index (κ2) is 6.70. The first-order chi connectivity index (χ1) is 10.6. The number of hydrogen-bond donors (Lipinski definition) is 1. The lowest BCUT2D eigenvalue weighted by molar-refractivity contribution is -0.113. The number of rotatable bonds is 4. The number of nitrogens with one attached hydrogen (secondary N) is 1. The van der Waals surface area contributed by atoms with Gasteiger partial charge in [-0.05, 0) is 65.4 Å². The summed E-state index contributed by atoms with van der Waals surface area (Å²) in [5, 5.41) is 3.77. The van der Waals surface area contributed by atoms with Gasteiger partial charge in [0.15, 0.2) is 5.16 Å². The van der Waals surface area contributed by atoms with Crippen LogP contribution >= 0.6 is 34.4 Å². The van der Waals surface area contributed by atoms with Gasteiger partial charge in [-0.15, -0.1) is 0 Å². The Morgan fingerprint density at radius 2 is 2.23 bits per heavy atom. The van der Waals surface area contributed by atoms with E-state index in [4.69, 9.17) is 0 Å². The van der Waals surface area contributed by atoms with E-state index >= 15 is 0 Å². The second-order valence-corrected chi connectivity index (χ2v) is 7.02. The molecule has 1 N–H and O–H groups in total. The molecule has 0 aliphatic heterocycles. The number of thioether (sulfide) groups is 1. The van der Waals surface area contributed by atoms with Crippen molar-refractivity contribution in [2.45, 2.75) is 12.1 Å². The van der Waals surface area contributed by atoms with E-state index in [1.807, 2.05) is 60.1 Å². The van der Waals surface area contributed by atoms with E-state index in [0.29, 0.717) is 5.75 Å². The van der Waals surface area contributed by atoms with Crippen molar-refractivity contribution in [2.75, 3.05) is 11.1 Å². The van der Waals surface area contributed by atoms with Gasteiger partial charge < -0.3 is 5.32 Å². The highest BCUT2D eigenvalue weighted by atomic mass is 127. The van der Waals surface area contributed by atoms with Crippen molar-refractivity contribution >= 4 is 51.5 Å². The number of benzene rings is 1. The van der Waals surface area contributed by atoms with Crippen LogP contribution < -0.4 is 5.32 Å². The van der Waals surface area contributed by atoms with Crippen LogP contribution in [0.2, 0.25) is 0 Å². The summed E-state index contributed by atoms with van der Waals surface area (Å²) < 4.78 is 3.14. The Morgan fingerprint density at radius 1 is 1.36 bits per heavy atom. The van der Waals surface area contributed by atoms with Gasteiger partial charge in [0.05, 0.1) is 17.5 Å². The second-order valence-electron chi connectivity index (χ2n) is 4.83. The van der Waals surface area contributed by atoms with Crippen LogP contribution in [0.4, 0.5) is 5.69 Å². The third-order valence-electron chi connectivity index (χ3n) is 3.20. The van der Waals surface area contributed by atoms with E-state index in [-0.39, 0.29) is 5.91 Å². The Balaban J connectivity index is 1.65. The van der Waals surface area contributed by atoms with Crippen LogP contribution in [0.15, 0.2) is 53.9 Å². The van der Waals surface area contributed by atoms with Crippen LogP contribution in [0.5, 0.6) is 0 Å². The van der Waals surface area contributed by atoms with Crippen LogP contribution in [0.3, 0.4) is 0 Å². The average molecular weight is 423 g/mol. The molecule has 0 aliphatic rings. The summed E-state index contributed by atoms with van der Waals surface area (Å²) in [6.07, 6.45) is 3.76. The van der Waals surface area contributed by atoms with Gasteiger partial charge >= 0.3 is 0 Å². The van der Waals surface area contributed by atoms with Crippen molar-refractivity contribution in [1.29, 1.82) is 0 Å². The van der Waals surface area contributed by atoms with Crippen molar-refractivity contribution in [3.63, 3.8) is 0 Å². The summed E-state index contributed by atoms with van der Waals surface area (Å²) in [7, 11) is 0. The van der Waals surface area contributed by atoms with Gasteiger partial charge in [-0.2, -0.15) is 0 Å². The van der Waals surface area contributed by atoms with E-state index in [1.54, 1.807) is 0 Å². The van der Waals surface area contributed by atoms with Gasteiger partial charge in [-0.1, -0.05) is 17.8 Å². The van der Waals surface area contributed by atoms with Gasteiger partial charge in [0.2, 0.25) is 5.91 Å². The minimum absolute atomic E-state index is 0.0259. The smallest absolute Gasteiger partial charge is 0.234 e. The maximum atomic E-state index is 12.1. The Hall–Kier alpha value is -1.54. The largest absolute Gasteiger partial charge is 0.325 e. The van der Waals surface area contributed by atoms with Crippen molar-refractivity contribution in [3.8, 4) is 0 Å². The maximum Gasteiger partial charge on any atom is 0.234 e. The number of fused-ring (bicyclic) bond motifs is 1. The third kappa shape index (κ3) is 3.44. The number of aromatic nitrogens is 2. The molecule has 0 saturated heterocycles. The monoisotopic (exact) mass is 423 g/mol. The highest BCUT2D eigenvalue weighted by Gasteiger charge is 2.09. The number of amides is 1. The number of hydrogen-bond acceptors (Lipinski definition) is 3. The van der Waals surface area contributed by atoms with E-state index in [2.05, 4.69) is 32.9 Å². The van der Waals surface area contributed by atoms with E-state index in [1.165, 1.54) is 11.8 Å². The van der Waals surface area contributed by atoms with Crippen LogP contribution in [0, 0.1) is 10.5 Å². The summed E-state index contributed by atoms with van der Waals surface area (Å²) in [4.78, 5) is 16.5. The molecule has 1 aromatic carbocycles. The lowest BCUT2D eigenvalue weighted by atomic mass is 10.2. The van der Waals surface area contributed by atoms with Gasteiger partial charge in [0, 0.05) is 15.5 Å². The number of carbonyl (C=O) groups is 1. The fourth-order valence-corrected chi connectivity index (χ4v) is 3.52. The average Bonchev–Trinajstić information content (AvgIpc) is 2.91. The first-order valence-corrected chi connectivity index (χ1v) is 8.81. The molecule has 4 nitrogen and oxygen atoms in total. The lowest BCUT2D eigenvalue weighted by Crippen LogP contribution is -2.15. The molecule has 0 unspecified atom stereocenters. The zero-order valence-corrected chi connectivity index (χ0v) is 14.9. The third-order valence-corrected chi connectivity index (χ3v) is 4.84. The topological polar surface area (TPSA) is 46.4 Å². The number of carbonyl (C=O) groups excluding carboxylic acids is 1. The highest BCUT2D eigenvalue weighted by Crippen LogP contribution is 2.20. The molecular weight excluding hydrogens is 409 g/mol. The van der Waals surface area contributed by atoms with Crippen molar-refractivity contribution in [3.05, 3.63) is 57.9 Å².